The lowest BCUT2D eigenvalue weighted by Gasteiger charge is -2.37. The van der Waals surface area contributed by atoms with Crippen LogP contribution in [0.1, 0.15) is 26.2 Å². The number of nitrogens with zero attached hydrogens (tertiary/aromatic N) is 1. The van der Waals surface area contributed by atoms with Crippen molar-refractivity contribution in [3.8, 4) is 0 Å². The standard InChI is InChI=1S/C16H20N2O/c1-2-14(12-9-13(19)10-12)17-16-8-7-11-5-3-4-6-15(11)18-16/h3-8,12-14,19H,2,9-10H2,1H3,(H,17,18)/t12?,13?,14-/m0/s1. The minimum Gasteiger partial charge on any atom is -0.393 e. The number of hydrogen-bond donors (Lipinski definition) is 2. The Hall–Kier alpha value is -1.61. The third kappa shape index (κ3) is 2.56. The lowest BCUT2D eigenvalue weighted by atomic mass is 9.76. The second-order valence-corrected chi connectivity index (χ2v) is 5.43. The van der Waals surface area contributed by atoms with Crippen LogP contribution in [0.4, 0.5) is 5.82 Å². The van der Waals surface area contributed by atoms with Gasteiger partial charge >= 0.3 is 0 Å². The average Bonchev–Trinajstić information content (AvgIpc) is 2.41. The van der Waals surface area contributed by atoms with Crippen LogP contribution in [0.2, 0.25) is 0 Å². The van der Waals surface area contributed by atoms with Crippen LogP contribution in [-0.4, -0.2) is 22.2 Å². The van der Waals surface area contributed by atoms with Crippen LogP contribution in [0.3, 0.4) is 0 Å². The molecule has 0 unspecified atom stereocenters. The molecule has 3 nitrogen and oxygen atoms in total. The van der Waals surface area contributed by atoms with E-state index in [4.69, 9.17) is 0 Å². The molecule has 1 heterocycles. The summed E-state index contributed by atoms with van der Waals surface area (Å²) in [4.78, 5) is 4.65. The highest BCUT2D eigenvalue weighted by Crippen LogP contribution is 2.33. The van der Waals surface area contributed by atoms with Gasteiger partial charge in [0.25, 0.3) is 0 Å². The number of anilines is 1. The molecule has 0 aliphatic heterocycles. The number of para-hydroxylation sites is 1. The monoisotopic (exact) mass is 256 g/mol. The molecule has 3 heteroatoms. The summed E-state index contributed by atoms with van der Waals surface area (Å²) in [6.07, 6.45) is 2.80. The van der Waals surface area contributed by atoms with E-state index < -0.39 is 0 Å². The molecule has 1 aliphatic carbocycles. The highest BCUT2D eigenvalue weighted by molar-refractivity contribution is 5.80. The summed E-state index contributed by atoms with van der Waals surface area (Å²) in [6, 6.07) is 12.7. The molecule has 0 amide bonds. The molecular formula is C16H20N2O. The molecule has 0 bridgehead atoms. The third-order valence-electron chi connectivity index (χ3n) is 4.09. The van der Waals surface area contributed by atoms with Gasteiger partial charge in [0.15, 0.2) is 0 Å². The average molecular weight is 256 g/mol. The Bertz CT molecular complexity index is 563. The van der Waals surface area contributed by atoms with Crippen molar-refractivity contribution in [3.63, 3.8) is 0 Å². The van der Waals surface area contributed by atoms with Crippen molar-refractivity contribution in [1.29, 1.82) is 0 Å². The van der Waals surface area contributed by atoms with Gasteiger partial charge in [-0.25, -0.2) is 4.98 Å². The first-order valence-electron chi connectivity index (χ1n) is 7.06. The van der Waals surface area contributed by atoms with E-state index >= 15 is 0 Å². The summed E-state index contributed by atoms with van der Waals surface area (Å²) in [5, 5.41) is 14.1. The Morgan fingerprint density at radius 2 is 2.05 bits per heavy atom. The van der Waals surface area contributed by atoms with Gasteiger partial charge in [-0.15, -0.1) is 0 Å². The Balaban J connectivity index is 1.76. The van der Waals surface area contributed by atoms with Crippen LogP contribution in [0.15, 0.2) is 36.4 Å². The number of hydrogen-bond acceptors (Lipinski definition) is 3. The largest absolute Gasteiger partial charge is 0.393 e. The number of aromatic nitrogens is 1. The third-order valence-corrected chi connectivity index (χ3v) is 4.09. The Labute approximate surface area is 113 Å². The molecule has 1 atom stereocenters. The molecule has 3 rings (SSSR count). The van der Waals surface area contributed by atoms with Crippen molar-refractivity contribution in [1.82, 2.24) is 4.98 Å². The SMILES string of the molecule is CC[C@H](Nc1ccc2ccccc2n1)C1CC(O)C1. The molecule has 2 N–H and O–H groups in total. The molecule has 1 aromatic carbocycles. The summed E-state index contributed by atoms with van der Waals surface area (Å²) >= 11 is 0. The predicted molar refractivity (Wildman–Crippen MR) is 78.2 cm³/mol. The van der Waals surface area contributed by atoms with Crippen LogP contribution in [0.25, 0.3) is 10.9 Å². The van der Waals surface area contributed by atoms with Gasteiger partial charge in [-0.2, -0.15) is 0 Å². The second-order valence-electron chi connectivity index (χ2n) is 5.43. The van der Waals surface area contributed by atoms with E-state index in [1.54, 1.807) is 0 Å². The zero-order valence-electron chi connectivity index (χ0n) is 11.2. The van der Waals surface area contributed by atoms with Crippen LogP contribution >= 0.6 is 0 Å². The van der Waals surface area contributed by atoms with Gasteiger partial charge in [0.1, 0.15) is 5.82 Å². The van der Waals surface area contributed by atoms with Gasteiger partial charge in [-0.3, -0.25) is 0 Å². The Kier molecular flexibility index (Phi) is 3.38. The van der Waals surface area contributed by atoms with Crippen molar-refractivity contribution in [2.75, 3.05) is 5.32 Å². The lowest BCUT2D eigenvalue weighted by molar-refractivity contribution is 0.0336. The van der Waals surface area contributed by atoms with E-state index in [1.807, 2.05) is 24.3 Å². The van der Waals surface area contributed by atoms with E-state index in [2.05, 4.69) is 29.4 Å². The number of aliphatic hydroxyl groups excluding tert-OH is 1. The van der Waals surface area contributed by atoms with Crippen molar-refractivity contribution in [3.05, 3.63) is 36.4 Å². The number of pyridine rings is 1. The fourth-order valence-corrected chi connectivity index (χ4v) is 2.85. The van der Waals surface area contributed by atoms with Gasteiger partial charge in [0, 0.05) is 11.4 Å². The summed E-state index contributed by atoms with van der Waals surface area (Å²) in [5.74, 6) is 1.51. The Morgan fingerprint density at radius 3 is 2.79 bits per heavy atom. The van der Waals surface area contributed by atoms with Gasteiger partial charge < -0.3 is 10.4 Å². The molecule has 2 aromatic rings. The van der Waals surface area contributed by atoms with E-state index in [0.717, 1.165) is 30.6 Å². The highest BCUT2D eigenvalue weighted by Gasteiger charge is 2.33. The maximum Gasteiger partial charge on any atom is 0.126 e. The molecular weight excluding hydrogens is 236 g/mol. The molecule has 1 aromatic heterocycles. The van der Waals surface area contributed by atoms with Crippen LogP contribution < -0.4 is 5.32 Å². The molecule has 19 heavy (non-hydrogen) atoms. The summed E-state index contributed by atoms with van der Waals surface area (Å²) in [7, 11) is 0. The predicted octanol–water partition coefficient (Wildman–Crippen LogP) is 3.20. The van der Waals surface area contributed by atoms with Crippen molar-refractivity contribution in [2.24, 2.45) is 5.92 Å². The van der Waals surface area contributed by atoms with Gasteiger partial charge in [-0.05, 0) is 43.4 Å². The molecule has 1 fully saturated rings. The minimum absolute atomic E-state index is 0.0922. The Morgan fingerprint density at radius 1 is 1.26 bits per heavy atom. The number of nitrogens with one attached hydrogen (secondary N) is 1. The quantitative estimate of drug-likeness (QED) is 0.883. The van der Waals surface area contributed by atoms with Crippen molar-refractivity contribution < 1.29 is 5.11 Å². The van der Waals surface area contributed by atoms with Crippen molar-refractivity contribution in [2.45, 2.75) is 38.3 Å². The number of benzene rings is 1. The first-order valence-corrected chi connectivity index (χ1v) is 7.06. The van der Waals surface area contributed by atoms with Crippen LogP contribution in [0.5, 0.6) is 0 Å². The zero-order valence-corrected chi connectivity index (χ0v) is 11.2. The van der Waals surface area contributed by atoms with Gasteiger partial charge in [-0.1, -0.05) is 25.1 Å². The molecule has 1 saturated carbocycles. The molecule has 1 aliphatic rings. The van der Waals surface area contributed by atoms with E-state index in [9.17, 15) is 5.11 Å². The number of aliphatic hydroxyl groups is 1. The van der Waals surface area contributed by atoms with Crippen molar-refractivity contribution >= 4 is 16.7 Å². The lowest BCUT2D eigenvalue weighted by Crippen LogP contribution is -2.40. The van der Waals surface area contributed by atoms with E-state index in [-0.39, 0.29) is 6.10 Å². The summed E-state index contributed by atoms with van der Waals surface area (Å²) in [5.41, 5.74) is 1.02. The number of fused-ring (bicyclic) bond motifs is 1. The molecule has 0 spiro atoms. The number of rotatable bonds is 4. The first-order chi connectivity index (χ1) is 9.26. The maximum absolute atomic E-state index is 9.43. The molecule has 100 valence electrons. The fraction of sp³-hybridized carbons (Fsp3) is 0.438. The molecule has 0 saturated heterocycles. The van der Waals surface area contributed by atoms with Gasteiger partial charge in [0.2, 0.25) is 0 Å². The topological polar surface area (TPSA) is 45.2 Å². The molecule has 0 radical (unpaired) electrons. The van der Waals surface area contributed by atoms with Crippen LogP contribution in [0, 0.1) is 5.92 Å². The van der Waals surface area contributed by atoms with E-state index in [0.29, 0.717) is 12.0 Å². The smallest absolute Gasteiger partial charge is 0.126 e. The second kappa shape index (κ2) is 5.17. The summed E-state index contributed by atoms with van der Waals surface area (Å²) < 4.78 is 0. The summed E-state index contributed by atoms with van der Waals surface area (Å²) in [6.45, 7) is 2.18. The van der Waals surface area contributed by atoms with Crippen LogP contribution in [-0.2, 0) is 0 Å². The normalized spacial score (nSPS) is 23.9. The van der Waals surface area contributed by atoms with Gasteiger partial charge in [0.05, 0.1) is 11.6 Å². The fourth-order valence-electron chi connectivity index (χ4n) is 2.85. The minimum atomic E-state index is -0.0922. The first kappa shape index (κ1) is 12.4. The highest BCUT2D eigenvalue weighted by atomic mass is 16.3. The zero-order chi connectivity index (χ0) is 13.2. The van der Waals surface area contributed by atoms with E-state index in [1.165, 1.54) is 5.39 Å². The maximum atomic E-state index is 9.43.